The topological polar surface area (TPSA) is 39.7 Å². The van der Waals surface area contributed by atoms with Gasteiger partial charge in [-0.25, -0.2) is 0 Å². The van der Waals surface area contributed by atoms with E-state index in [9.17, 15) is 0 Å². The Labute approximate surface area is 132 Å². The first kappa shape index (κ1) is 20.2. The quantitative estimate of drug-likeness (QED) is 0.455. The molecule has 0 saturated carbocycles. The Balaban J connectivity index is 4.06. The molecule has 0 spiro atoms. The maximum Gasteiger partial charge on any atom is 0.191 e. The van der Waals surface area contributed by atoms with Gasteiger partial charge in [-0.2, -0.15) is 0 Å². The van der Waals surface area contributed by atoms with E-state index in [-0.39, 0.29) is 0 Å². The predicted molar refractivity (Wildman–Crippen MR) is 95.1 cm³/mol. The van der Waals surface area contributed by atoms with E-state index in [1.165, 1.54) is 19.4 Å². The van der Waals surface area contributed by atoms with Gasteiger partial charge in [0.25, 0.3) is 0 Å². The SMILES string of the molecule is CCNC(=NCCC(C)C)NC(C)CCCN(CC)CC. The minimum absolute atomic E-state index is 0.470. The van der Waals surface area contributed by atoms with Gasteiger partial charge in [-0.15, -0.1) is 0 Å². The summed E-state index contributed by atoms with van der Waals surface area (Å²) in [5.41, 5.74) is 0. The molecule has 0 aliphatic rings. The van der Waals surface area contributed by atoms with Crippen LogP contribution in [0.2, 0.25) is 0 Å². The predicted octanol–water partition coefficient (Wildman–Crippen LogP) is 3.10. The van der Waals surface area contributed by atoms with Crippen LogP contribution in [0.15, 0.2) is 4.99 Å². The van der Waals surface area contributed by atoms with Crippen LogP contribution in [0.1, 0.15) is 60.8 Å². The van der Waals surface area contributed by atoms with Crippen LogP contribution in [-0.4, -0.2) is 49.6 Å². The Morgan fingerprint density at radius 1 is 1.05 bits per heavy atom. The largest absolute Gasteiger partial charge is 0.357 e. The Morgan fingerprint density at radius 3 is 2.24 bits per heavy atom. The van der Waals surface area contributed by atoms with Gasteiger partial charge in [0.2, 0.25) is 0 Å². The van der Waals surface area contributed by atoms with Gasteiger partial charge in [0, 0.05) is 19.1 Å². The first-order valence-corrected chi connectivity index (χ1v) is 8.80. The number of rotatable bonds is 11. The van der Waals surface area contributed by atoms with Gasteiger partial charge >= 0.3 is 0 Å². The Hall–Kier alpha value is -0.770. The van der Waals surface area contributed by atoms with E-state index in [2.05, 4.69) is 62.1 Å². The highest BCUT2D eigenvalue weighted by molar-refractivity contribution is 5.79. The third-order valence-corrected chi connectivity index (χ3v) is 3.71. The van der Waals surface area contributed by atoms with Crippen molar-refractivity contribution < 1.29 is 0 Å². The normalized spacial score (nSPS) is 13.8. The number of nitrogens with zero attached hydrogens (tertiary/aromatic N) is 2. The van der Waals surface area contributed by atoms with Crippen molar-refractivity contribution in [3.8, 4) is 0 Å². The standard InChI is InChI=1S/C17H38N4/c1-7-18-17(19-13-12-15(4)5)20-16(6)11-10-14-21(8-2)9-3/h15-16H,7-14H2,1-6H3,(H2,18,19,20). The molecule has 0 aliphatic heterocycles. The van der Waals surface area contributed by atoms with Crippen molar-refractivity contribution >= 4 is 5.96 Å². The molecule has 4 heteroatoms. The molecule has 0 aliphatic carbocycles. The Morgan fingerprint density at radius 2 is 1.71 bits per heavy atom. The van der Waals surface area contributed by atoms with Crippen LogP contribution < -0.4 is 10.6 Å². The van der Waals surface area contributed by atoms with Crippen molar-refractivity contribution in [2.24, 2.45) is 10.9 Å². The highest BCUT2D eigenvalue weighted by Gasteiger charge is 2.06. The summed E-state index contributed by atoms with van der Waals surface area (Å²) in [4.78, 5) is 7.13. The molecule has 0 amide bonds. The van der Waals surface area contributed by atoms with Crippen molar-refractivity contribution in [3.05, 3.63) is 0 Å². The van der Waals surface area contributed by atoms with E-state index >= 15 is 0 Å². The average Bonchev–Trinajstić information content (AvgIpc) is 2.43. The lowest BCUT2D eigenvalue weighted by Crippen LogP contribution is -2.42. The first-order chi connectivity index (χ1) is 10.0. The lowest BCUT2D eigenvalue weighted by atomic mass is 10.1. The zero-order chi connectivity index (χ0) is 16.1. The van der Waals surface area contributed by atoms with Crippen LogP contribution in [-0.2, 0) is 0 Å². The van der Waals surface area contributed by atoms with Gasteiger partial charge in [-0.05, 0) is 58.7 Å². The summed E-state index contributed by atoms with van der Waals surface area (Å²) >= 11 is 0. The van der Waals surface area contributed by atoms with Crippen molar-refractivity contribution in [2.45, 2.75) is 66.8 Å². The van der Waals surface area contributed by atoms with Crippen LogP contribution in [0.5, 0.6) is 0 Å². The first-order valence-electron chi connectivity index (χ1n) is 8.80. The van der Waals surface area contributed by atoms with Crippen molar-refractivity contribution in [1.82, 2.24) is 15.5 Å². The zero-order valence-corrected chi connectivity index (χ0v) is 15.2. The average molecular weight is 299 g/mol. The number of hydrogen-bond acceptors (Lipinski definition) is 2. The second-order valence-corrected chi connectivity index (χ2v) is 6.16. The number of guanidine groups is 1. The molecule has 0 saturated heterocycles. The lowest BCUT2D eigenvalue weighted by Gasteiger charge is -2.21. The van der Waals surface area contributed by atoms with Crippen molar-refractivity contribution in [1.29, 1.82) is 0 Å². The smallest absolute Gasteiger partial charge is 0.191 e. The second kappa shape index (κ2) is 12.9. The summed E-state index contributed by atoms with van der Waals surface area (Å²) in [6, 6.07) is 0.470. The highest BCUT2D eigenvalue weighted by atomic mass is 15.2. The van der Waals surface area contributed by atoms with Crippen LogP contribution in [0, 0.1) is 5.92 Å². The van der Waals surface area contributed by atoms with E-state index in [1.807, 2.05) is 0 Å². The number of aliphatic imine (C=N–C) groups is 1. The fraction of sp³-hybridized carbons (Fsp3) is 0.941. The molecule has 0 aromatic heterocycles. The maximum absolute atomic E-state index is 4.65. The highest BCUT2D eigenvalue weighted by Crippen LogP contribution is 2.01. The van der Waals surface area contributed by atoms with Gasteiger partial charge in [-0.3, -0.25) is 4.99 Å². The van der Waals surface area contributed by atoms with Crippen molar-refractivity contribution in [2.75, 3.05) is 32.7 Å². The Kier molecular flexibility index (Phi) is 12.5. The van der Waals surface area contributed by atoms with Crippen LogP contribution in [0.4, 0.5) is 0 Å². The molecule has 0 heterocycles. The zero-order valence-electron chi connectivity index (χ0n) is 15.2. The lowest BCUT2D eigenvalue weighted by molar-refractivity contribution is 0.292. The van der Waals surface area contributed by atoms with E-state index in [1.54, 1.807) is 0 Å². The summed E-state index contributed by atoms with van der Waals surface area (Å²) in [6.07, 6.45) is 3.57. The van der Waals surface area contributed by atoms with Crippen LogP contribution >= 0.6 is 0 Å². The molecule has 1 atom stereocenters. The molecule has 2 N–H and O–H groups in total. The molecule has 1 unspecified atom stereocenters. The van der Waals surface area contributed by atoms with E-state index in [0.717, 1.165) is 38.6 Å². The van der Waals surface area contributed by atoms with Gasteiger partial charge in [0.15, 0.2) is 5.96 Å². The molecule has 0 aromatic carbocycles. The van der Waals surface area contributed by atoms with E-state index in [0.29, 0.717) is 12.0 Å². The molecule has 0 rings (SSSR count). The molecular weight excluding hydrogens is 260 g/mol. The van der Waals surface area contributed by atoms with E-state index < -0.39 is 0 Å². The maximum atomic E-state index is 4.65. The molecule has 21 heavy (non-hydrogen) atoms. The third-order valence-electron chi connectivity index (χ3n) is 3.71. The Bertz CT molecular complexity index is 260. The minimum Gasteiger partial charge on any atom is -0.357 e. The summed E-state index contributed by atoms with van der Waals surface area (Å²) in [5, 5.41) is 6.86. The summed E-state index contributed by atoms with van der Waals surface area (Å²) in [7, 11) is 0. The fourth-order valence-electron chi connectivity index (χ4n) is 2.22. The van der Waals surface area contributed by atoms with Crippen LogP contribution in [0.25, 0.3) is 0 Å². The van der Waals surface area contributed by atoms with Crippen LogP contribution in [0.3, 0.4) is 0 Å². The summed E-state index contributed by atoms with van der Waals surface area (Å²) in [5.74, 6) is 1.68. The van der Waals surface area contributed by atoms with Gasteiger partial charge < -0.3 is 15.5 Å². The van der Waals surface area contributed by atoms with Gasteiger partial charge in [0.05, 0.1) is 0 Å². The second-order valence-electron chi connectivity index (χ2n) is 6.16. The molecule has 4 nitrogen and oxygen atoms in total. The van der Waals surface area contributed by atoms with E-state index in [4.69, 9.17) is 0 Å². The molecule has 0 bridgehead atoms. The minimum atomic E-state index is 0.470. The molecule has 0 aromatic rings. The fourth-order valence-corrected chi connectivity index (χ4v) is 2.22. The number of nitrogens with one attached hydrogen (secondary N) is 2. The monoisotopic (exact) mass is 298 g/mol. The molecule has 126 valence electrons. The molecular formula is C17H38N4. The van der Waals surface area contributed by atoms with Crippen molar-refractivity contribution in [3.63, 3.8) is 0 Å². The molecule has 0 fully saturated rings. The summed E-state index contributed by atoms with van der Waals surface area (Å²) < 4.78 is 0. The molecule has 0 radical (unpaired) electrons. The van der Waals surface area contributed by atoms with Gasteiger partial charge in [-0.1, -0.05) is 27.7 Å². The van der Waals surface area contributed by atoms with Gasteiger partial charge in [0.1, 0.15) is 0 Å². The number of hydrogen-bond donors (Lipinski definition) is 2. The summed E-state index contributed by atoms with van der Waals surface area (Å²) in [6.45, 7) is 18.6. The third kappa shape index (κ3) is 11.6.